The van der Waals surface area contributed by atoms with Crippen LogP contribution in [0.5, 0.6) is 0 Å². The van der Waals surface area contributed by atoms with Gasteiger partial charge in [0.15, 0.2) is 0 Å². The summed E-state index contributed by atoms with van der Waals surface area (Å²) in [7, 11) is 0. The summed E-state index contributed by atoms with van der Waals surface area (Å²) in [6.07, 6.45) is 5.62. The van der Waals surface area contributed by atoms with E-state index >= 15 is 8.78 Å². The molecule has 1 aromatic rings. The molecule has 0 aromatic heterocycles. The lowest BCUT2D eigenvalue weighted by Gasteiger charge is -2.44. The van der Waals surface area contributed by atoms with Crippen LogP contribution in [0.15, 0.2) is 42.2 Å². The Hall–Kier alpha value is -2.28. The van der Waals surface area contributed by atoms with Crippen LogP contribution in [-0.4, -0.2) is 52.4 Å². The molecule has 0 saturated carbocycles. The van der Waals surface area contributed by atoms with E-state index in [-0.39, 0.29) is 29.3 Å². The van der Waals surface area contributed by atoms with Crippen LogP contribution in [-0.2, 0) is 11.3 Å². The van der Waals surface area contributed by atoms with Crippen molar-refractivity contribution >= 4 is 5.91 Å². The van der Waals surface area contributed by atoms with Gasteiger partial charge >= 0.3 is 0 Å². The zero-order valence-corrected chi connectivity index (χ0v) is 17.9. The zero-order chi connectivity index (χ0) is 22.3. The quantitative estimate of drug-likeness (QED) is 0.761. The molecule has 2 saturated heterocycles. The first-order chi connectivity index (χ1) is 14.7. The monoisotopic (exact) mass is 434 g/mol. The van der Waals surface area contributed by atoms with Gasteiger partial charge in [0.1, 0.15) is 11.6 Å². The Balaban J connectivity index is 1.40. The van der Waals surface area contributed by atoms with Gasteiger partial charge in [-0.25, -0.2) is 13.2 Å². The van der Waals surface area contributed by atoms with Gasteiger partial charge in [-0.15, -0.1) is 0 Å². The molecule has 31 heavy (non-hydrogen) atoms. The van der Waals surface area contributed by atoms with Gasteiger partial charge in [0, 0.05) is 19.0 Å². The van der Waals surface area contributed by atoms with E-state index in [1.807, 2.05) is 6.92 Å². The van der Waals surface area contributed by atoms with E-state index < -0.39 is 24.4 Å². The lowest BCUT2D eigenvalue weighted by atomic mass is 9.73. The van der Waals surface area contributed by atoms with E-state index in [9.17, 15) is 14.3 Å². The number of aliphatic hydroxyl groups is 1. The largest absolute Gasteiger partial charge is 0.508 e. The number of piperidine rings is 1. The number of aliphatic hydroxyl groups excluding tert-OH is 1. The fourth-order valence-electron chi connectivity index (χ4n) is 5.22. The predicted octanol–water partition coefficient (Wildman–Crippen LogP) is 4.46. The van der Waals surface area contributed by atoms with Crippen LogP contribution in [0, 0.1) is 30.5 Å². The number of carbonyl (C=O) groups excluding carboxylic acids is 1. The number of halogens is 3. The summed E-state index contributed by atoms with van der Waals surface area (Å²) >= 11 is 0. The second kappa shape index (κ2) is 8.34. The van der Waals surface area contributed by atoms with Gasteiger partial charge < -0.3 is 10.0 Å². The summed E-state index contributed by atoms with van der Waals surface area (Å²) < 4.78 is 44.1. The Morgan fingerprint density at radius 2 is 2.00 bits per heavy atom. The fourth-order valence-corrected chi connectivity index (χ4v) is 5.22. The van der Waals surface area contributed by atoms with E-state index in [0.717, 1.165) is 0 Å². The lowest BCUT2D eigenvalue weighted by molar-refractivity contribution is -0.148. The molecule has 2 unspecified atom stereocenters. The van der Waals surface area contributed by atoms with Crippen molar-refractivity contribution in [1.82, 2.24) is 9.80 Å². The van der Waals surface area contributed by atoms with Crippen molar-refractivity contribution in [2.24, 2.45) is 17.8 Å². The first-order valence-corrected chi connectivity index (χ1v) is 10.9. The number of hydrogen-bond donors (Lipinski definition) is 1. The Kier molecular flexibility index (Phi) is 5.90. The maximum Gasteiger partial charge on any atom is 0.263 e. The smallest absolute Gasteiger partial charge is 0.263 e. The van der Waals surface area contributed by atoms with Gasteiger partial charge in [0.2, 0.25) is 5.91 Å². The van der Waals surface area contributed by atoms with Crippen LogP contribution in [0.3, 0.4) is 0 Å². The van der Waals surface area contributed by atoms with Gasteiger partial charge in [0.25, 0.3) is 5.92 Å². The summed E-state index contributed by atoms with van der Waals surface area (Å²) in [5.74, 6) is -4.58. The second-order valence-electron chi connectivity index (χ2n) is 9.16. The van der Waals surface area contributed by atoms with Crippen molar-refractivity contribution in [2.75, 3.05) is 19.6 Å². The highest BCUT2D eigenvalue weighted by atomic mass is 19.3. The minimum absolute atomic E-state index is 0.120. The van der Waals surface area contributed by atoms with E-state index in [1.165, 1.54) is 12.1 Å². The van der Waals surface area contributed by atoms with Crippen molar-refractivity contribution in [1.29, 1.82) is 0 Å². The number of aryl methyl sites for hydroxylation is 1. The van der Waals surface area contributed by atoms with Crippen molar-refractivity contribution in [3.8, 4) is 0 Å². The third-order valence-corrected chi connectivity index (χ3v) is 7.00. The van der Waals surface area contributed by atoms with Crippen LogP contribution in [0.2, 0.25) is 0 Å². The molecule has 2 fully saturated rings. The Morgan fingerprint density at radius 1 is 1.23 bits per heavy atom. The summed E-state index contributed by atoms with van der Waals surface area (Å²) in [6, 6.07) is 4.36. The molecular weight excluding hydrogens is 405 g/mol. The Morgan fingerprint density at radius 3 is 2.68 bits per heavy atom. The standard InChI is InChI=1S/C24H29F3N2O2/c1-15-3-4-17(12-21(15)25)13-28-10-8-22(23(28)31)29-9-7-20(24(26,27)14-29)19-6-5-18(30)11-16(19)2/h3-6,11-12,16,19-20,22,30H,7-10,13-14H2,1-2H3/t16?,19?,20-,22+/m1/s1. The average molecular weight is 435 g/mol. The molecule has 3 aliphatic rings. The molecule has 1 aliphatic carbocycles. The highest BCUT2D eigenvalue weighted by Crippen LogP contribution is 2.43. The number of nitrogens with zero attached hydrogens (tertiary/aromatic N) is 2. The van der Waals surface area contributed by atoms with Gasteiger partial charge in [-0.1, -0.05) is 25.1 Å². The third kappa shape index (κ3) is 4.38. The number of alkyl halides is 2. The van der Waals surface area contributed by atoms with Crippen LogP contribution >= 0.6 is 0 Å². The number of rotatable bonds is 4. The van der Waals surface area contributed by atoms with Gasteiger partial charge in [-0.3, -0.25) is 9.69 Å². The minimum atomic E-state index is -2.92. The van der Waals surface area contributed by atoms with E-state index in [0.29, 0.717) is 43.6 Å². The second-order valence-corrected chi connectivity index (χ2v) is 9.16. The average Bonchev–Trinajstić information content (AvgIpc) is 3.05. The fraction of sp³-hybridized carbons (Fsp3) is 0.542. The van der Waals surface area contributed by atoms with Crippen LogP contribution in [0.1, 0.15) is 30.9 Å². The van der Waals surface area contributed by atoms with Gasteiger partial charge in [0.05, 0.1) is 12.6 Å². The first-order valence-electron chi connectivity index (χ1n) is 10.9. The predicted molar refractivity (Wildman–Crippen MR) is 112 cm³/mol. The summed E-state index contributed by atoms with van der Waals surface area (Å²) in [6.45, 7) is 4.31. The maximum absolute atomic E-state index is 15.2. The zero-order valence-electron chi connectivity index (χ0n) is 17.9. The van der Waals surface area contributed by atoms with E-state index in [2.05, 4.69) is 0 Å². The van der Waals surface area contributed by atoms with E-state index in [1.54, 1.807) is 41.0 Å². The van der Waals surface area contributed by atoms with Crippen molar-refractivity contribution < 1.29 is 23.1 Å². The van der Waals surface area contributed by atoms with Crippen molar-refractivity contribution in [2.45, 2.75) is 45.2 Å². The van der Waals surface area contributed by atoms with Crippen molar-refractivity contribution in [3.05, 3.63) is 59.1 Å². The molecule has 168 valence electrons. The number of likely N-dealkylation sites (tertiary alicyclic amines) is 2. The molecule has 4 atom stereocenters. The molecule has 1 amide bonds. The number of benzene rings is 1. The molecule has 0 spiro atoms. The molecule has 0 bridgehead atoms. The molecule has 4 nitrogen and oxygen atoms in total. The highest BCUT2D eigenvalue weighted by molar-refractivity contribution is 5.84. The first kappa shape index (κ1) is 21.9. The molecule has 1 aromatic carbocycles. The van der Waals surface area contributed by atoms with Crippen molar-refractivity contribution in [3.63, 3.8) is 0 Å². The van der Waals surface area contributed by atoms with Gasteiger partial charge in [-0.05, 0) is 67.5 Å². The number of carbonyl (C=O) groups is 1. The van der Waals surface area contributed by atoms with Crippen LogP contribution in [0.4, 0.5) is 13.2 Å². The molecular formula is C24H29F3N2O2. The molecule has 2 heterocycles. The minimum Gasteiger partial charge on any atom is -0.508 e. The van der Waals surface area contributed by atoms with E-state index in [4.69, 9.17) is 0 Å². The summed E-state index contributed by atoms with van der Waals surface area (Å²) in [5.41, 5.74) is 1.25. The van der Waals surface area contributed by atoms with Crippen LogP contribution in [0.25, 0.3) is 0 Å². The van der Waals surface area contributed by atoms with Crippen LogP contribution < -0.4 is 0 Å². The number of hydrogen-bond acceptors (Lipinski definition) is 3. The molecule has 2 aliphatic heterocycles. The SMILES string of the molecule is Cc1ccc(CN2CC[C@H](N3CC[C@H](C4C=CC(O)=CC4C)C(F)(F)C3)C2=O)cc1F. The normalized spacial score (nSPS) is 31.2. The Bertz CT molecular complexity index is 914. The molecule has 1 N–H and O–H groups in total. The topological polar surface area (TPSA) is 43.8 Å². The number of allylic oxidation sites excluding steroid dienone is 3. The maximum atomic E-state index is 15.2. The van der Waals surface area contributed by atoms with Gasteiger partial charge in [-0.2, -0.15) is 0 Å². The summed E-state index contributed by atoms with van der Waals surface area (Å²) in [4.78, 5) is 16.2. The Labute approximate surface area is 181 Å². The summed E-state index contributed by atoms with van der Waals surface area (Å²) in [5, 5.41) is 9.62. The lowest BCUT2D eigenvalue weighted by Crippen LogP contribution is -2.56. The molecule has 4 rings (SSSR count). The third-order valence-electron chi connectivity index (χ3n) is 7.00. The highest BCUT2D eigenvalue weighted by Gasteiger charge is 2.51. The molecule has 7 heteroatoms. The number of amides is 1. The molecule has 0 radical (unpaired) electrons.